The molecule has 0 bridgehead atoms. The summed E-state index contributed by atoms with van der Waals surface area (Å²) in [5, 5.41) is 0. The highest BCUT2D eigenvalue weighted by molar-refractivity contribution is 5.76. The van der Waals surface area contributed by atoms with Crippen LogP contribution < -0.4 is 0 Å². The average molecular weight is 225 g/mol. The predicted octanol–water partition coefficient (Wildman–Crippen LogP) is 2.20. The Morgan fingerprint density at radius 1 is 1.31 bits per heavy atom. The highest BCUT2D eigenvalue weighted by Gasteiger charge is 2.24. The van der Waals surface area contributed by atoms with Gasteiger partial charge in [0.25, 0.3) is 0 Å². The van der Waals surface area contributed by atoms with Crippen molar-refractivity contribution in [1.29, 1.82) is 0 Å². The lowest BCUT2D eigenvalue weighted by molar-refractivity contribution is -0.136. The number of rotatable bonds is 2. The quantitative estimate of drug-likeness (QED) is 0.721. The van der Waals surface area contributed by atoms with E-state index in [2.05, 4.69) is 6.92 Å². The molecule has 2 unspecified atom stereocenters. The lowest BCUT2D eigenvalue weighted by atomic mass is 9.99. The van der Waals surface area contributed by atoms with Crippen molar-refractivity contribution in [2.45, 2.75) is 51.6 Å². The highest BCUT2D eigenvalue weighted by atomic mass is 16.5. The van der Waals surface area contributed by atoms with Gasteiger partial charge < -0.3 is 9.64 Å². The van der Waals surface area contributed by atoms with E-state index in [-0.39, 0.29) is 6.10 Å². The minimum atomic E-state index is 0.193. The van der Waals surface area contributed by atoms with E-state index in [1.807, 2.05) is 4.90 Å². The summed E-state index contributed by atoms with van der Waals surface area (Å²) in [6, 6.07) is 0. The number of likely N-dealkylation sites (tertiary alicyclic amines) is 1. The van der Waals surface area contributed by atoms with Crippen LogP contribution in [0.3, 0.4) is 0 Å². The molecule has 2 aliphatic heterocycles. The van der Waals surface area contributed by atoms with Gasteiger partial charge in [-0.15, -0.1) is 0 Å². The maximum Gasteiger partial charge on any atom is 0.225 e. The van der Waals surface area contributed by atoms with Gasteiger partial charge in [0.15, 0.2) is 0 Å². The average Bonchev–Trinajstić information content (AvgIpc) is 2.30. The molecule has 0 aromatic heterocycles. The van der Waals surface area contributed by atoms with Crippen molar-refractivity contribution in [1.82, 2.24) is 4.90 Å². The smallest absolute Gasteiger partial charge is 0.225 e. The second kappa shape index (κ2) is 5.67. The molecule has 2 aliphatic rings. The Labute approximate surface area is 98.1 Å². The molecule has 2 rings (SSSR count). The Morgan fingerprint density at radius 3 is 2.88 bits per heavy atom. The number of nitrogens with zero attached hydrogens (tertiary/aromatic N) is 1. The summed E-state index contributed by atoms with van der Waals surface area (Å²) in [5.41, 5.74) is 0. The first-order chi connectivity index (χ1) is 7.75. The van der Waals surface area contributed by atoms with Crippen molar-refractivity contribution in [3.05, 3.63) is 0 Å². The molecular formula is C13H23NO2. The molecule has 0 aromatic carbocycles. The molecule has 1 amide bonds. The number of hydrogen-bond donors (Lipinski definition) is 0. The summed E-state index contributed by atoms with van der Waals surface area (Å²) in [4.78, 5) is 14.1. The summed E-state index contributed by atoms with van der Waals surface area (Å²) >= 11 is 0. The van der Waals surface area contributed by atoms with Gasteiger partial charge >= 0.3 is 0 Å². The van der Waals surface area contributed by atoms with Crippen LogP contribution in [0.1, 0.15) is 45.4 Å². The zero-order valence-electron chi connectivity index (χ0n) is 10.3. The van der Waals surface area contributed by atoms with Gasteiger partial charge in [-0.25, -0.2) is 0 Å². The van der Waals surface area contributed by atoms with Crippen LogP contribution >= 0.6 is 0 Å². The number of carbonyl (C=O) groups excluding carboxylic acids is 1. The van der Waals surface area contributed by atoms with Crippen LogP contribution in [0.4, 0.5) is 0 Å². The molecule has 0 spiro atoms. The minimum Gasteiger partial charge on any atom is -0.378 e. The van der Waals surface area contributed by atoms with E-state index in [4.69, 9.17) is 4.74 Å². The summed E-state index contributed by atoms with van der Waals surface area (Å²) in [7, 11) is 0. The standard InChI is InChI=1S/C13H23NO2/c1-11-5-4-7-14(10-11)13(15)9-12-6-2-3-8-16-12/h11-12H,2-10H2,1H3. The van der Waals surface area contributed by atoms with E-state index < -0.39 is 0 Å². The Morgan fingerprint density at radius 2 is 2.19 bits per heavy atom. The van der Waals surface area contributed by atoms with Gasteiger partial charge in [0.1, 0.15) is 0 Å². The SMILES string of the molecule is CC1CCCN(C(=O)CC2CCCCO2)C1. The van der Waals surface area contributed by atoms with Crippen LogP contribution in [0.15, 0.2) is 0 Å². The van der Waals surface area contributed by atoms with Crippen LogP contribution in [0.5, 0.6) is 0 Å². The third-order valence-electron chi connectivity index (χ3n) is 3.69. The van der Waals surface area contributed by atoms with Crippen LogP contribution in [0, 0.1) is 5.92 Å². The molecular weight excluding hydrogens is 202 g/mol. The van der Waals surface area contributed by atoms with E-state index in [0.29, 0.717) is 18.2 Å². The molecule has 92 valence electrons. The number of piperidine rings is 1. The zero-order valence-corrected chi connectivity index (χ0v) is 10.3. The van der Waals surface area contributed by atoms with Crippen LogP contribution in [0.2, 0.25) is 0 Å². The van der Waals surface area contributed by atoms with Crippen molar-refractivity contribution in [2.75, 3.05) is 19.7 Å². The Hall–Kier alpha value is -0.570. The van der Waals surface area contributed by atoms with Gasteiger partial charge in [-0.1, -0.05) is 6.92 Å². The maximum atomic E-state index is 12.1. The first kappa shape index (κ1) is 11.9. The minimum absolute atomic E-state index is 0.193. The second-order valence-electron chi connectivity index (χ2n) is 5.28. The molecule has 2 heterocycles. The third kappa shape index (κ3) is 3.21. The van der Waals surface area contributed by atoms with E-state index in [1.165, 1.54) is 19.3 Å². The fraction of sp³-hybridized carbons (Fsp3) is 0.923. The summed E-state index contributed by atoms with van der Waals surface area (Å²) in [6.07, 6.45) is 6.67. The Kier molecular flexibility index (Phi) is 4.22. The summed E-state index contributed by atoms with van der Waals surface area (Å²) in [5.74, 6) is 0.975. The number of ether oxygens (including phenoxy) is 1. The van der Waals surface area contributed by atoms with Gasteiger partial charge in [0.05, 0.1) is 12.5 Å². The van der Waals surface area contributed by atoms with Crippen LogP contribution in [0.25, 0.3) is 0 Å². The van der Waals surface area contributed by atoms with Crippen molar-refractivity contribution in [3.63, 3.8) is 0 Å². The van der Waals surface area contributed by atoms with Gasteiger partial charge in [0.2, 0.25) is 5.91 Å². The molecule has 0 saturated carbocycles. The molecule has 0 N–H and O–H groups in total. The number of amides is 1. The van der Waals surface area contributed by atoms with Crippen molar-refractivity contribution < 1.29 is 9.53 Å². The molecule has 2 fully saturated rings. The largest absolute Gasteiger partial charge is 0.378 e. The summed E-state index contributed by atoms with van der Waals surface area (Å²) < 4.78 is 5.62. The predicted molar refractivity (Wildman–Crippen MR) is 63.2 cm³/mol. The zero-order chi connectivity index (χ0) is 11.4. The van der Waals surface area contributed by atoms with Crippen LogP contribution in [-0.2, 0) is 9.53 Å². The fourth-order valence-electron chi connectivity index (χ4n) is 2.71. The summed E-state index contributed by atoms with van der Waals surface area (Å²) in [6.45, 7) is 4.98. The highest BCUT2D eigenvalue weighted by Crippen LogP contribution is 2.20. The van der Waals surface area contributed by atoms with Gasteiger partial charge in [0, 0.05) is 19.7 Å². The molecule has 16 heavy (non-hydrogen) atoms. The van der Waals surface area contributed by atoms with Crippen molar-refractivity contribution >= 4 is 5.91 Å². The lowest BCUT2D eigenvalue weighted by Crippen LogP contribution is -2.41. The molecule has 2 saturated heterocycles. The first-order valence-electron chi connectivity index (χ1n) is 6.65. The monoisotopic (exact) mass is 225 g/mol. The molecule has 3 heteroatoms. The molecule has 2 atom stereocenters. The van der Waals surface area contributed by atoms with Gasteiger partial charge in [-0.3, -0.25) is 4.79 Å². The van der Waals surface area contributed by atoms with Crippen LogP contribution in [-0.4, -0.2) is 36.6 Å². The first-order valence-corrected chi connectivity index (χ1v) is 6.65. The van der Waals surface area contributed by atoms with Gasteiger partial charge in [-0.05, 0) is 38.0 Å². The van der Waals surface area contributed by atoms with Crippen molar-refractivity contribution in [3.8, 4) is 0 Å². The molecule has 0 aliphatic carbocycles. The van der Waals surface area contributed by atoms with E-state index >= 15 is 0 Å². The topological polar surface area (TPSA) is 29.5 Å². The molecule has 0 radical (unpaired) electrons. The van der Waals surface area contributed by atoms with E-state index in [0.717, 1.165) is 32.5 Å². The molecule has 0 aromatic rings. The van der Waals surface area contributed by atoms with E-state index in [9.17, 15) is 4.79 Å². The number of carbonyl (C=O) groups is 1. The third-order valence-corrected chi connectivity index (χ3v) is 3.69. The Bertz CT molecular complexity index is 236. The fourth-order valence-corrected chi connectivity index (χ4v) is 2.71. The van der Waals surface area contributed by atoms with Crippen molar-refractivity contribution in [2.24, 2.45) is 5.92 Å². The lowest BCUT2D eigenvalue weighted by Gasteiger charge is -2.32. The Balaban J connectivity index is 1.77. The second-order valence-corrected chi connectivity index (χ2v) is 5.28. The number of hydrogen-bond acceptors (Lipinski definition) is 2. The molecule has 3 nitrogen and oxygen atoms in total. The maximum absolute atomic E-state index is 12.1. The van der Waals surface area contributed by atoms with E-state index in [1.54, 1.807) is 0 Å². The normalized spacial score (nSPS) is 31.4. The van der Waals surface area contributed by atoms with Gasteiger partial charge in [-0.2, -0.15) is 0 Å².